The summed E-state index contributed by atoms with van der Waals surface area (Å²) in [4.78, 5) is 8.85. The van der Waals surface area contributed by atoms with Crippen LogP contribution in [0.25, 0.3) is 0 Å². The third-order valence-corrected chi connectivity index (χ3v) is 8.46. The Morgan fingerprint density at radius 2 is 1.74 bits per heavy atom. The number of hydrogen-bond acceptors (Lipinski definition) is 5. The third-order valence-electron chi connectivity index (χ3n) is 5.93. The molecule has 0 aromatic heterocycles. The van der Waals surface area contributed by atoms with Crippen LogP contribution in [0.3, 0.4) is 0 Å². The van der Waals surface area contributed by atoms with Crippen molar-refractivity contribution in [3.05, 3.63) is 35.4 Å². The van der Waals surface area contributed by atoms with E-state index >= 15 is 0 Å². The highest BCUT2D eigenvalue weighted by molar-refractivity contribution is 14.0. The number of benzene rings is 1. The lowest BCUT2D eigenvalue weighted by Gasteiger charge is -2.39. The first-order valence-corrected chi connectivity index (χ1v) is 12.4. The van der Waals surface area contributed by atoms with Gasteiger partial charge in [-0.3, -0.25) is 9.89 Å². The summed E-state index contributed by atoms with van der Waals surface area (Å²) in [5.41, 5.74) is 2.47. The summed E-state index contributed by atoms with van der Waals surface area (Å²) in [6, 6.07) is 8.66. The Kier molecular flexibility index (Phi) is 9.18. The van der Waals surface area contributed by atoms with Gasteiger partial charge in [-0.2, -0.15) is 0 Å². The highest BCUT2D eigenvalue weighted by Crippen LogP contribution is 2.23. The van der Waals surface area contributed by atoms with Gasteiger partial charge in [0.15, 0.2) is 15.8 Å². The Hall–Kier alpha value is -0.910. The van der Waals surface area contributed by atoms with Gasteiger partial charge in [0, 0.05) is 46.3 Å². The van der Waals surface area contributed by atoms with Crippen molar-refractivity contribution in [1.29, 1.82) is 0 Å². The molecular formula is C22H37IN4O3S. The minimum Gasteiger partial charge on any atom is -0.373 e. The lowest BCUT2D eigenvalue weighted by molar-refractivity contribution is -0.0704. The highest BCUT2D eigenvalue weighted by Gasteiger charge is 2.40. The maximum atomic E-state index is 12.3. The smallest absolute Gasteiger partial charge is 0.193 e. The van der Waals surface area contributed by atoms with Crippen LogP contribution in [0.4, 0.5) is 0 Å². The van der Waals surface area contributed by atoms with Crippen LogP contribution in [-0.2, 0) is 27.7 Å². The van der Waals surface area contributed by atoms with E-state index in [4.69, 9.17) is 4.74 Å². The molecule has 2 aliphatic heterocycles. The van der Waals surface area contributed by atoms with E-state index in [-0.39, 0.29) is 41.9 Å². The van der Waals surface area contributed by atoms with Crippen LogP contribution in [-0.4, -0.2) is 80.1 Å². The van der Waals surface area contributed by atoms with Gasteiger partial charge in [0.1, 0.15) is 0 Å². The summed E-state index contributed by atoms with van der Waals surface area (Å²) in [7, 11) is -1.32. The van der Waals surface area contributed by atoms with E-state index in [9.17, 15) is 8.42 Å². The fourth-order valence-electron chi connectivity index (χ4n) is 4.27. The molecule has 1 aromatic carbocycles. The molecule has 2 atom stereocenters. The van der Waals surface area contributed by atoms with E-state index in [1.54, 1.807) is 20.9 Å². The van der Waals surface area contributed by atoms with E-state index in [1.165, 1.54) is 11.1 Å². The van der Waals surface area contributed by atoms with Crippen molar-refractivity contribution in [2.75, 3.05) is 39.0 Å². The summed E-state index contributed by atoms with van der Waals surface area (Å²) < 4.78 is 29.6. The zero-order chi connectivity index (χ0) is 21.9. The molecule has 1 N–H and O–H groups in total. The molecule has 2 fully saturated rings. The number of morpholine rings is 1. The summed E-state index contributed by atoms with van der Waals surface area (Å²) in [5, 5.41) is 3.39. The van der Waals surface area contributed by atoms with E-state index in [2.05, 4.69) is 53.3 Å². The van der Waals surface area contributed by atoms with Gasteiger partial charge < -0.3 is 15.0 Å². The molecule has 0 saturated carbocycles. The van der Waals surface area contributed by atoms with Gasteiger partial charge in [-0.15, -0.1) is 24.0 Å². The quantitative estimate of drug-likeness (QED) is 0.344. The minimum absolute atomic E-state index is 0. The van der Waals surface area contributed by atoms with E-state index in [1.807, 2.05) is 4.90 Å². The van der Waals surface area contributed by atoms with Gasteiger partial charge in [0.2, 0.25) is 0 Å². The maximum Gasteiger partial charge on any atom is 0.193 e. The number of nitrogens with one attached hydrogen (secondary N) is 1. The molecule has 0 spiro atoms. The number of ether oxygens (including phenoxy) is 1. The first-order chi connectivity index (χ1) is 14.1. The third kappa shape index (κ3) is 6.79. The topological polar surface area (TPSA) is 74.2 Å². The van der Waals surface area contributed by atoms with Gasteiger partial charge >= 0.3 is 0 Å². The molecule has 1 aromatic rings. The summed E-state index contributed by atoms with van der Waals surface area (Å²) >= 11 is 0. The molecule has 2 saturated heterocycles. The van der Waals surface area contributed by atoms with E-state index in [0.29, 0.717) is 19.6 Å². The van der Waals surface area contributed by atoms with Crippen molar-refractivity contribution < 1.29 is 13.2 Å². The Balaban J connectivity index is 0.00000341. The SMILES string of the molecule is CN=C(NCc1ccc(CN2CC(C)OC(C)C2)cc1)N1CCS(=O)(=O)C(C)(C)C1.I. The molecular weight excluding hydrogens is 527 g/mol. The molecule has 0 radical (unpaired) electrons. The summed E-state index contributed by atoms with van der Waals surface area (Å²) in [6.45, 7) is 12.3. The number of guanidine groups is 1. The number of hydrogen-bond donors (Lipinski definition) is 1. The zero-order valence-corrected chi connectivity index (χ0v) is 22.4. The second kappa shape index (κ2) is 10.8. The Morgan fingerprint density at radius 3 is 2.29 bits per heavy atom. The van der Waals surface area contributed by atoms with Crippen molar-refractivity contribution in [1.82, 2.24) is 15.1 Å². The van der Waals surface area contributed by atoms with Crippen molar-refractivity contribution in [2.45, 2.75) is 57.7 Å². The Morgan fingerprint density at radius 1 is 1.16 bits per heavy atom. The number of aliphatic imine (C=N–C) groups is 1. The molecule has 9 heteroatoms. The minimum atomic E-state index is -3.06. The zero-order valence-electron chi connectivity index (χ0n) is 19.3. The highest BCUT2D eigenvalue weighted by atomic mass is 127. The van der Waals surface area contributed by atoms with Crippen LogP contribution in [0.2, 0.25) is 0 Å². The molecule has 2 unspecified atom stereocenters. The monoisotopic (exact) mass is 564 g/mol. The predicted molar refractivity (Wildman–Crippen MR) is 137 cm³/mol. The molecule has 0 amide bonds. The van der Waals surface area contributed by atoms with Crippen LogP contribution in [0.5, 0.6) is 0 Å². The number of rotatable bonds is 4. The average molecular weight is 565 g/mol. The first kappa shape index (κ1) is 26.3. The molecule has 0 bridgehead atoms. The van der Waals surface area contributed by atoms with Crippen molar-refractivity contribution >= 4 is 39.8 Å². The van der Waals surface area contributed by atoms with E-state index < -0.39 is 14.6 Å². The largest absolute Gasteiger partial charge is 0.373 e. The van der Waals surface area contributed by atoms with Gasteiger partial charge in [0.25, 0.3) is 0 Å². The fourth-order valence-corrected chi connectivity index (χ4v) is 5.64. The van der Waals surface area contributed by atoms with Crippen LogP contribution in [0.15, 0.2) is 29.3 Å². The van der Waals surface area contributed by atoms with Crippen LogP contribution < -0.4 is 5.32 Å². The normalized spacial score (nSPS) is 26.2. The van der Waals surface area contributed by atoms with Gasteiger partial charge in [-0.05, 0) is 38.8 Å². The van der Waals surface area contributed by atoms with Gasteiger partial charge in [0.05, 0.1) is 22.7 Å². The fraction of sp³-hybridized carbons (Fsp3) is 0.682. The predicted octanol–water partition coefficient (Wildman–Crippen LogP) is 2.50. The molecule has 31 heavy (non-hydrogen) atoms. The summed E-state index contributed by atoms with van der Waals surface area (Å²) in [6.07, 6.45) is 0.553. The first-order valence-electron chi connectivity index (χ1n) is 10.7. The molecule has 3 rings (SSSR count). The lowest BCUT2D eigenvalue weighted by Crippen LogP contribution is -2.57. The second-order valence-corrected chi connectivity index (χ2v) is 11.9. The molecule has 2 aliphatic rings. The van der Waals surface area contributed by atoms with Crippen molar-refractivity contribution in [3.63, 3.8) is 0 Å². The van der Waals surface area contributed by atoms with Crippen molar-refractivity contribution in [3.8, 4) is 0 Å². The molecule has 0 aliphatic carbocycles. The maximum absolute atomic E-state index is 12.3. The average Bonchev–Trinajstić information content (AvgIpc) is 2.65. The van der Waals surface area contributed by atoms with Crippen LogP contribution in [0, 0.1) is 0 Å². The molecule has 2 heterocycles. The van der Waals surface area contributed by atoms with Crippen LogP contribution in [0.1, 0.15) is 38.8 Å². The lowest BCUT2D eigenvalue weighted by atomic mass is 10.1. The number of nitrogens with zero attached hydrogens (tertiary/aromatic N) is 3. The van der Waals surface area contributed by atoms with Gasteiger partial charge in [-0.1, -0.05) is 24.3 Å². The number of sulfone groups is 1. The van der Waals surface area contributed by atoms with E-state index in [0.717, 1.165) is 25.6 Å². The second-order valence-electron chi connectivity index (χ2n) is 9.17. The number of halogens is 1. The van der Waals surface area contributed by atoms with Gasteiger partial charge in [-0.25, -0.2) is 8.42 Å². The summed E-state index contributed by atoms with van der Waals surface area (Å²) in [5.74, 6) is 0.909. The molecule has 176 valence electrons. The standard InChI is InChI=1S/C22H36N4O3S.HI/c1-17-13-25(14-18(2)29-17)15-20-8-6-19(7-9-20)12-24-21(23-5)26-10-11-30(27,28)22(3,4)16-26;/h6-9,17-18H,10-16H2,1-5H3,(H,23,24);1H. The molecule has 7 nitrogen and oxygen atoms in total. The Labute approximate surface area is 204 Å². The van der Waals surface area contributed by atoms with Crippen LogP contribution >= 0.6 is 24.0 Å². The van der Waals surface area contributed by atoms with Crippen molar-refractivity contribution in [2.24, 2.45) is 4.99 Å². The Bertz CT molecular complexity index is 848.